The van der Waals surface area contributed by atoms with Crippen LogP contribution in [0.5, 0.6) is 0 Å². The number of nitrogens with one attached hydrogen (secondary N) is 2. The van der Waals surface area contributed by atoms with Gasteiger partial charge < -0.3 is 15.5 Å². The van der Waals surface area contributed by atoms with E-state index in [2.05, 4.69) is 29.4 Å². The Morgan fingerprint density at radius 2 is 1.54 bits per heavy atom. The predicted molar refractivity (Wildman–Crippen MR) is 116 cm³/mol. The average Bonchev–Trinajstić information content (AvgIpc) is 2.69. The van der Waals surface area contributed by atoms with Gasteiger partial charge in [-0.2, -0.15) is 0 Å². The molecule has 2 aromatic rings. The Morgan fingerprint density at radius 3 is 2.07 bits per heavy atom. The first kappa shape index (κ1) is 21.5. The van der Waals surface area contributed by atoms with Gasteiger partial charge in [0, 0.05) is 24.5 Å². The van der Waals surface area contributed by atoms with Gasteiger partial charge in [0.1, 0.15) is 6.04 Å². The van der Waals surface area contributed by atoms with Crippen LogP contribution >= 0.6 is 0 Å². The molecule has 0 radical (unpaired) electrons. The minimum atomic E-state index is -0.585. The van der Waals surface area contributed by atoms with Crippen molar-refractivity contribution in [2.75, 3.05) is 23.3 Å². The second-order valence-corrected chi connectivity index (χ2v) is 7.16. The van der Waals surface area contributed by atoms with Crippen LogP contribution in [0.15, 0.2) is 54.6 Å². The van der Waals surface area contributed by atoms with Crippen LogP contribution in [0.4, 0.5) is 11.4 Å². The number of amides is 2. The number of benzene rings is 2. The van der Waals surface area contributed by atoms with Gasteiger partial charge >= 0.3 is 0 Å². The fourth-order valence-electron chi connectivity index (χ4n) is 3.11. The van der Waals surface area contributed by atoms with E-state index < -0.39 is 6.04 Å². The van der Waals surface area contributed by atoms with Gasteiger partial charge in [0.25, 0.3) is 0 Å². The molecule has 2 amide bonds. The number of hydrogen-bond donors (Lipinski definition) is 2. The van der Waals surface area contributed by atoms with Crippen LogP contribution in [0, 0.1) is 5.92 Å². The standard InChI is InChI=1S/C23H31N3O2/c1-5-26(6-2)20-14-12-19(13-15-20)24-23(28)22(17(3)4)25-21(27)16-18-10-8-7-9-11-18/h7-15,17,22H,5-6,16H2,1-4H3,(H,24,28)(H,25,27)/t22-/m1/s1. The summed E-state index contributed by atoms with van der Waals surface area (Å²) in [6.45, 7) is 9.96. The van der Waals surface area contributed by atoms with E-state index in [4.69, 9.17) is 0 Å². The molecule has 2 aromatic carbocycles. The monoisotopic (exact) mass is 381 g/mol. The molecule has 150 valence electrons. The first-order valence-corrected chi connectivity index (χ1v) is 9.93. The molecule has 0 heterocycles. The van der Waals surface area contributed by atoms with E-state index in [-0.39, 0.29) is 24.2 Å². The summed E-state index contributed by atoms with van der Waals surface area (Å²) in [4.78, 5) is 27.4. The molecule has 1 atom stereocenters. The third-order valence-corrected chi connectivity index (χ3v) is 4.74. The van der Waals surface area contributed by atoms with E-state index >= 15 is 0 Å². The van der Waals surface area contributed by atoms with Crippen molar-refractivity contribution in [1.82, 2.24) is 5.32 Å². The molecule has 2 N–H and O–H groups in total. The van der Waals surface area contributed by atoms with E-state index in [1.165, 1.54) is 0 Å². The third kappa shape index (κ3) is 6.12. The maximum Gasteiger partial charge on any atom is 0.247 e. The Bertz CT molecular complexity index is 753. The largest absolute Gasteiger partial charge is 0.372 e. The topological polar surface area (TPSA) is 61.4 Å². The quantitative estimate of drug-likeness (QED) is 0.693. The molecular formula is C23H31N3O2. The maximum atomic E-state index is 12.7. The lowest BCUT2D eigenvalue weighted by atomic mass is 10.0. The average molecular weight is 382 g/mol. The van der Waals surface area contributed by atoms with Gasteiger partial charge in [0.2, 0.25) is 11.8 Å². The van der Waals surface area contributed by atoms with Gasteiger partial charge in [-0.05, 0) is 49.6 Å². The summed E-state index contributed by atoms with van der Waals surface area (Å²) in [5, 5.41) is 5.80. The molecule has 5 heteroatoms. The lowest BCUT2D eigenvalue weighted by Crippen LogP contribution is -2.47. The molecule has 0 unspecified atom stereocenters. The van der Waals surface area contributed by atoms with Crippen molar-refractivity contribution in [2.24, 2.45) is 5.92 Å². The Hall–Kier alpha value is -2.82. The Morgan fingerprint density at radius 1 is 0.929 bits per heavy atom. The molecule has 2 rings (SSSR count). The summed E-state index contributed by atoms with van der Waals surface area (Å²) < 4.78 is 0. The number of rotatable bonds is 9. The Balaban J connectivity index is 1.99. The zero-order valence-electron chi connectivity index (χ0n) is 17.2. The van der Waals surface area contributed by atoms with Crippen molar-refractivity contribution >= 4 is 23.2 Å². The highest BCUT2D eigenvalue weighted by Crippen LogP contribution is 2.18. The number of carbonyl (C=O) groups excluding carboxylic acids is 2. The maximum absolute atomic E-state index is 12.7. The fraction of sp³-hybridized carbons (Fsp3) is 0.391. The highest BCUT2D eigenvalue weighted by Gasteiger charge is 2.24. The Kier molecular flexibility index (Phi) is 8.05. The minimum absolute atomic E-state index is 0.0188. The van der Waals surface area contributed by atoms with Crippen LogP contribution in [0.25, 0.3) is 0 Å². The molecule has 0 fully saturated rings. The van der Waals surface area contributed by atoms with Crippen LogP contribution in [0.2, 0.25) is 0 Å². The summed E-state index contributed by atoms with van der Waals surface area (Å²) in [6.07, 6.45) is 0.260. The van der Waals surface area contributed by atoms with Crippen LogP contribution in [-0.2, 0) is 16.0 Å². The SMILES string of the molecule is CCN(CC)c1ccc(NC(=O)[C@H](NC(=O)Cc2ccccc2)C(C)C)cc1. The number of carbonyl (C=O) groups is 2. The highest BCUT2D eigenvalue weighted by atomic mass is 16.2. The van der Waals surface area contributed by atoms with E-state index in [0.717, 1.165) is 30.0 Å². The molecule has 0 bridgehead atoms. The van der Waals surface area contributed by atoms with Gasteiger partial charge in [-0.25, -0.2) is 0 Å². The van der Waals surface area contributed by atoms with Gasteiger partial charge in [-0.15, -0.1) is 0 Å². The normalized spacial score (nSPS) is 11.8. The molecular weight excluding hydrogens is 350 g/mol. The third-order valence-electron chi connectivity index (χ3n) is 4.74. The molecule has 0 aromatic heterocycles. The number of hydrogen-bond acceptors (Lipinski definition) is 3. The van der Waals surface area contributed by atoms with Gasteiger partial charge in [0.05, 0.1) is 6.42 Å². The van der Waals surface area contributed by atoms with E-state index in [1.807, 2.05) is 68.4 Å². The highest BCUT2D eigenvalue weighted by molar-refractivity contribution is 5.97. The molecule has 0 spiro atoms. The van der Waals surface area contributed by atoms with Crippen LogP contribution in [0.1, 0.15) is 33.3 Å². The fourth-order valence-corrected chi connectivity index (χ4v) is 3.11. The summed E-state index contributed by atoms with van der Waals surface area (Å²) in [6, 6.07) is 16.7. The van der Waals surface area contributed by atoms with Gasteiger partial charge in [-0.1, -0.05) is 44.2 Å². The first-order chi connectivity index (χ1) is 13.4. The van der Waals surface area contributed by atoms with Crippen molar-refractivity contribution in [3.63, 3.8) is 0 Å². The Labute approximate surface area is 168 Å². The van der Waals surface area contributed by atoms with E-state index in [0.29, 0.717) is 0 Å². The van der Waals surface area contributed by atoms with Crippen molar-refractivity contribution in [1.29, 1.82) is 0 Å². The number of anilines is 2. The second-order valence-electron chi connectivity index (χ2n) is 7.16. The molecule has 0 aliphatic heterocycles. The van der Waals surface area contributed by atoms with Crippen LogP contribution in [-0.4, -0.2) is 30.9 Å². The van der Waals surface area contributed by atoms with Crippen molar-refractivity contribution in [2.45, 2.75) is 40.2 Å². The van der Waals surface area contributed by atoms with E-state index in [1.54, 1.807) is 0 Å². The second kappa shape index (κ2) is 10.5. The van der Waals surface area contributed by atoms with Gasteiger partial charge in [0.15, 0.2) is 0 Å². The molecule has 0 saturated carbocycles. The predicted octanol–water partition coefficient (Wildman–Crippen LogP) is 3.85. The summed E-state index contributed by atoms with van der Waals surface area (Å²) in [5.41, 5.74) is 2.78. The lowest BCUT2D eigenvalue weighted by molar-refractivity contribution is -0.127. The summed E-state index contributed by atoms with van der Waals surface area (Å²) in [5.74, 6) is -0.376. The summed E-state index contributed by atoms with van der Waals surface area (Å²) in [7, 11) is 0. The molecule has 0 aliphatic rings. The van der Waals surface area contributed by atoms with Crippen LogP contribution < -0.4 is 15.5 Å². The minimum Gasteiger partial charge on any atom is -0.372 e. The first-order valence-electron chi connectivity index (χ1n) is 9.93. The van der Waals surface area contributed by atoms with Crippen LogP contribution in [0.3, 0.4) is 0 Å². The van der Waals surface area contributed by atoms with Crippen molar-refractivity contribution in [3.8, 4) is 0 Å². The molecule has 5 nitrogen and oxygen atoms in total. The van der Waals surface area contributed by atoms with E-state index in [9.17, 15) is 9.59 Å². The van der Waals surface area contributed by atoms with Gasteiger partial charge in [-0.3, -0.25) is 9.59 Å². The smallest absolute Gasteiger partial charge is 0.247 e. The number of nitrogens with zero attached hydrogens (tertiary/aromatic N) is 1. The zero-order valence-corrected chi connectivity index (χ0v) is 17.2. The van der Waals surface area contributed by atoms with Crippen molar-refractivity contribution in [3.05, 3.63) is 60.2 Å². The molecule has 28 heavy (non-hydrogen) atoms. The molecule has 0 saturated heterocycles. The summed E-state index contributed by atoms with van der Waals surface area (Å²) >= 11 is 0. The zero-order chi connectivity index (χ0) is 20.5. The van der Waals surface area contributed by atoms with Crippen molar-refractivity contribution < 1.29 is 9.59 Å². The molecule has 0 aliphatic carbocycles. The lowest BCUT2D eigenvalue weighted by Gasteiger charge is -2.23.